The summed E-state index contributed by atoms with van der Waals surface area (Å²) in [6.45, 7) is 3.67. The average Bonchev–Trinajstić information content (AvgIpc) is 2.26. The molecular weight excluding hydrogens is 254 g/mol. The van der Waals surface area contributed by atoms with E-state index >= 15 is 0 Å². The molecule has 0 saturated heterocycles. The zero-order valence-corrected chi connectivity index (χ0v) is 11.1. The van der Waals surface area contributed by atoms with Crippen molar-refractivity contribution in [3.63, 3.8) is 0 Å². The van der Waals surface area contributed by atoms with Crippen LogP contribution < -0.4 is 15.2 Å². The van der Waals surface area contributed by atoms with E-state index in [4.69, 9.17) is 5.14 Å². The Balaban J connectivity index is 2.71. The molecule has 7 heteroatoms. The van der Waals surface area contributed by atoms with Gasteiger partial charge in [0.15, 0.2) is 0 Å². The van der Waals surface area contributed by atoms with Crippen LogP contribution in [0.15, 0.2) is 24.3 Å². The molecule has 0 aliphatic heterocycles. The number of nitrogens with two attached hydrogens (primary N) is 1. The third-order valence-corrected chi connectivity index (χ3v) is 2.74. The molecule has 0 aliphatic rings. The lowest BCUT2D eigenvalue weighted by Gasteiger charge is -2.09. The van der Waals surface area contributed by atoms with Gasteiger partial charge in [-0.15, -0.1) is 0 Å². The molecule has 0 spiro atoms. The van der Waals surface area contributed by atoms with Crippen molar-refractivity contribution >= 4 is 21.8 Å². The summed E-state index contributed by atoms with van der Waals surface area (Å²) in [5.74, 6) is -0.206. The first kappa shape index (κ1) is 14.6. The summed E-state index contributed by atoms with van der Waals surface area (Å²) >= 11 is 0. The van der Waals surface area contributed by atoms with E-state index in [0.717, 1.165) is 0 Å². The summed E-state index contributed by atoms with van der Waals surface area (Å²) in [7, 11) is -3.71. The van der Waals surface area contributed by atoms with Gasteiger partial charge in [-0.2, -0.15) is 13.1 Å². The van der Waals surface area contributed by atoms with Crippen LogP contribution in [0.3, 0.4) is 0 Å². The maximum Gasteiger partial charge on any atom is 0.274 e. The highest BCUT2D eigenvalue weighted by atomic mass is 32.2. The van der Waals surface area contributed by atoms with Crippen LogP contribution in [0.1, 0.15) is 19.4 Å². The maximum absolute atomic E-state index is 11.5. The smallest absolute Gasteiger partial charge is 0.274 e. The molecule has 0 unspecified atom stereocenters. The second-order valence-electron chi connectivity index (χ2n) is 4.21. The fourth-order valence-corrected chi connectivity index (χ4v) is 1.60. The van der Waals surface area contributed by atoms with Crippen LogP contribution in [0.4, 0.5) is 5.69 Å². The molecule has 0 bridgehead atoms. The first-order valence-electron chi connectivity index (χ1n) is 5.45. The van der Waals surface area contributed by atoms with Gasteiger partial charge in [0.1, 0.15) is 0 Å². The fourth-order valence-electron chi connectivity index (χ4n) is 1.23. The van der Waals surface area contributed by atoms with E-state index in [-0.39, 0.29) is 18.4 Å². The molecule has 1 aromatic rings. The van der Waals surface area contributed by atoms with Gasteiger partial charge >= 0.3 is 0 Å². The third-order valence-electron chi connectivity index (χ3n) is 2.20. The van der Waals surface area contributed by atoms with Gasteiger partial charge in [0.25, 0.3) is 10.2 Å². The van der Waals surface area contributed by atoms with Crippen LogP contribution in [-0.4, -0.2) is 14.3 Å². The van der Waals surface area contributed by atoms with Crippen molar-refractivity contribution in [2.45, 2.75) is 20.4 Å². The first-order chi connectivity index (χ1) is 8.28. The zero-order valence-electron chi connectivity index (χ0n) is 10.3. The second-order valence-corrected chi connectivity index (χ2v) is 5.59. The minimum absolute atomic E-state index is 0.0875. The molecule has 0 aromatic heterocycles. The largest absolute Gasteiger partial charge is 0.326 e. The van der Waals surface area contributed by atoms with Crippen molar-refractivity contribution in [1.82, 2.24) is 4.72 Å². The van der Waals surface area contributed by atoms with Gasteiger partial charge in [-0.25, -0.2) is 5.14 Å². The van der Waals surface area contributed by atoms with Gasteiger partial charge in [0.2, 0.25) is 5.91 Å². The van der Waals surface area contributed by atoms with Crippen molar-refractivity contribution < 1.29 is 13.2 Å². The minimum atomic E-state index is -3.71. The molecular formula is C11H17N3O3S. The van der Waals surface area contributed by atoms with Gasteiger partial charge in [0, 0.05) is 18.2 Å². The highest BCUT2D eigenvalue weighted by Gasteiger charge is 2.07. The van der Waals surface area contributed by atoms with Crippen molar-refractivity contribution in [3.05, 3.63) is 29.8 Å². The van der Waals surface area contributed by atoms with E-state index in [1.54, 1.807) is 38.1 Å². The number of nitrogens with one attached hydrogen (secondary N) is 2. The normalized spacial score (nSPS) is 11.6. The van der Waals surface area contributed by atoms with Crippen molar-refractivity contribution in [3.8, 4) is 0 Å². The molecule has 4 N–H and O–H groups in total. The lowest BCUT2D eigenvalue weighted by molar-refractivity contribution is -0.118. The zero-order chi connectivity index (χ0) is 13.8. The number of carbonyl (C=O) groups is 1. The summed E-state index contributed by atoms with van der Waals surface area (Å²) in [5, 5.41) is 7.56. The molecule has 0 atom stereocenters. The van der Waals surface area contributed by atoms with E-state index in [9.17, 15) is 13.2 Å². The Labute approximate surface area is 107 Å². The number of amides is 1. The Morgan fingerprint density at radius 1 is 1.39 bits per heavy atom. The second kappa shape index (κ2) is 5.94. The lowest BCUT2D eigenvalue weighted by Crippen LogP contribution is -2.30. The third kappa shape index (κ3) is 5.26. The van der Waals surface area contributed by atoms with E-state index in [1.165, 1.54) is 0 Å². The van der Waals surface area contributed by atoms with Crippen molar-refractivity contribution in [2.24, 2.45) is 11.1 Å². The minimum Gasteiger partial charge on any atom is -0.326 e. The molecule has 0 saturated carbocycles. The number of anilines is 1. The molecule has 6 nitrogen and oxygen atoms in total. The molecule has 0 aliphatic carbocycles. The maximum atomic E-state index is 11.5. The molecule has 18 heavy (non-hydrogen) atoms. The predicted molar refractivity (Wildman–Crippen MR) is 69.9 cm³/mol. The van der Waals surface area contributed by atoms with Crippen LogP contribution in [0.25, 0.3) is 0 Å². The van der Waals surface area contributed by atoms with Crippen molar-refractivity contribution in [2.75, 3.05) is 5.32 Å². The van der Waals surface area contributed by atoms with Gasteiger partial charge in [-0.3, -0.25) is 4.79 Å². The van der Waals surface area contributed by atoms with Crippen LogP contribution in [0.5, 0.6) is 0 Å². The Kier molecular flexibility index (Phi) is 4.83. The topological polar surface area (TPSA) is 101 Å². The number of benzene rings is 1. The highest BCUT2D eigenvalue weighted by Crippen LogP contribution is 2.11. The predicted octanol–water partition coefficient (Wildman–Crippen LogP) is 0.574. The first-order valence-corrected chi connectivity index (χ1v) is 7.00. The Bertz CT molecular complexity index is 526. The average molecular weight is 271 g/mol. The number of carbonyl (C=O) groups excluding carboxylic acids is 1. The Hall–Kier alpha value is -1.44. The lowest BCUT2D eigenvalue weighted by atomic mass is 10.1. The molecule has 0 heterocycles. The summed E-state index contributed by atoms with van der Waals surface area (Å²) in [4.78, 5) is 11.5. The number of rotatable bonds is 5. The van der Waals surface area contributed by atoms with Gasteiger partial charge in [-0.1, -0.05) is 26.0 Å². The van der Waals surface area contributed by atoms with Crippen LogP contribution in [0, 0.1) is 5.92 Å². The monoisotopic (exact) mass is 271 g/mol. The standard InChI is InChI=1S/C11H17N3O3S/c1-8(2)11(15)14-10-5-3-4-9(6-10)7-13-18(12,16)17/h3-6,8,13H,7H2,1-2H3,(H,14,15)(H2,12,16,17). The van der Waals surface area contributed by atoms with Crippen LogP contribution >= 0.6 is 0 Å². The van der Waals surface area contributed by atoms with Gasteiger partial charge in [0.05, 0.1) is 0 Å². The summed E-state index contributed by atoms with van der Waals surface area (Å²) in [6, 6.07) is 6.90. The molecule has 100 valence electrons. The van der Waals surface area contributed by atoms with Gasteiger partial charge < -0.3 is 5.32 Å². The van der Waals surface area contributed by atoms with E-state index in [0.29, 0.717) is 11.3 Å². The van der Waals surface area contributed by atoms with Crippen LogP contribution in [0.2, 0.25) is 0 Å². The number of hydrogen-bond donors (Lipinski definition) is 3. The molecule has 1 amide bonds. The van der Waals surface area contributed by atoms with E-state index in [1.807, 2.05) is 0 Å². The molecule has 1 aromatic carbocycles. The Morgan fingerprint density at radius 2 is 2.06 bits per heavy atom. The van der Waals surface area contributed by atoms with Crippen LogP contribution in [-0.2, 0) is 21.5 Å². The molecule has 1 rings (SSSR count). The van der Waals surface area contributed by atoms with Gasteiger partial charge in [-0.05, 0) is 17.7 Å². The highest BCUT2D eigenvalue weighted by molar-refractivity contribution is 7.87. The van der Waals surface area contributed by atoms with Crippen molar-refractivity contribution in [1.29, 1.82) is 0 Å². The Morgan fingerprint density at radius 3 is 2.61 bits per heavy atom. The summed E-state index contributed by atoms with van der Waals surface area (Å²) in [5.41, 5.74) is 1.34. The summed E-state index contributed by atoms with van der Waals surface area (Å²) < 4.78 is 23.7. The van der Waals surface area contributed by atoms with E-state index in [2.05, 4.69) is 10.0 Å². The summed E-state index contributed by atoms with van der Waals surface area (Å²) in [6.07, 6.45) is 0. The fraction of sp³-hybridized carbons (Fsp3) is 0.364. The number of hydrogen-bond acceptors (Lipinski definition) is 3. The quantitative estimate of drug-likeness (QED) is 0.729. The molecule has 0 fully saturated rings. The van der Waals surface area contributed by atoms with E-state index < -0.39 is 10.2 Å². The SMILES string of the molecule is CC(C)C(=O)Nc1cccc(CNS(N)(=O)=O)c1. The molecule has 0 radical (unpaired) electrons.